The van der Waals surface area contributed by atoms with E-state index in [-0.39, 0.29) is 13.3 Å². The molecule has 1 aliphatic rings. The predicted molar refractivity (Wildman–Crippen MR) is 54.0 cm³/mol. The minimum Gasteiger partial charge on any atom is -0.381 e. The van der Waals surface area contributed by atoms with Gasteiger partial charge < -0.3 is 10.5 Å². The smallest absolute Gasteiger partial charge is 0.146 e. The van der Waals surface area contributed by atoms with Crippen LogP contribution in [0.15, 0.2) is 0 Å². The van der Waals surface area contributed by atoms with Crippen molar-refractivity contribution in [3.63, 3.8) is 0 Å². The fourth-order valence-electron chi connectivity index (χ4n) is 1.41. The van der Waals surface area contributed by atoms with Gasteiger partial charge in [-0.15, -0.1) is 0 Å². The molecule has 1 rings (SSSR count). The maximum atomic E-state index is 10.9. The van der Waals surface area contributed by atoms with Crippen molar-refractivity contribution in [2.75, 3.05) is 20.3 Å². The van der Waals surface area contributed by atoms with Gasteiger partial charge in [0, 0.05) is 14.6 Å². The average molecular weight is 207 g/mol. The minimum atomic E-state index is -0.265. The number of hydrogen-bond donors (Lipinski definition) is 2. The number of carbonyl (C=O) groups is 1. The summed E-state index contributed by atoms with van der Waals surface area (Å²) in [4.78, 5) is 14.1. The second-order valence-corrected chi connectivity index (χ2v) is 3.27. The minimum absolute atomic E-state index is 0. The van der Waals surface area contributed by atoms with Crippen molar-refractivity contribution < 1.29 is 21.1 Å². The van der Waals surface area contributed by atoms with Gasteiger partial charge in [-0.25, -0.2) is 4.89 Å². The summed E-state index contributed by atoms with van der Waals surface area (Å²) in [5.41, 5.74) is 5.69. The second-order valence-electron chi connectivity index (χ2n) is 3.27. The highest BCUT2D eigenvalue weighted by Crippen LogP contribution is 2.17. The van der Waals surface area contributed by atoms with E-state index in [9.17, 15) is 4.79 Å². The van der Waals surface area contributed by atoms with Gasteiger partial charge in [0.2, 0.25) is 0 Å². The molecule has 0 aromatic rings. The Morgan fingerprint density at radius 1 is 1.64 bits per heavy atom. The summed E-state index contributed by atoms with van der Waals surface area (Å²) in [5, 5.41) is 7.07. The maximum absolute atomic E-state index is 10.9. The first-order chi connectivity index (χ1) is 6.63. The highest BCUT2D eigenvalue weighted by Gasteiger charge is 2.23. The van der Waals surface area contributed by atoms with E-state index in [0.29, 0.717) is 5.92 Å². The van der Waals surface area contributed by atoms with Gasteiger partial charge in [0.05, 0.1) is 13.2 Å². The third-order valence-electron chi connectivity index (χ3n) is 2.24. The van der Waals surface area contributed by atoms with E-state index in [2.05, 4.69) is 4.89 Å². The third kappa shape index (κ3) is 5.29. The van der Waals surface area contributed by atoms with Gasteiger partial charge in [-0.1, -0.05) is 0 Å². The molecule has 0 saturated carbocycles. The van der Waals surface area contributed by atoms with Crippen molar-refractivity contribution in [3.8, 4) is 0 Å². The number of ether oxygens (including phenoxy) is 1. The van der Waals surface area contributed by atoms with E-state index in [1.807, 2.05) is 0 Å². The molecule has 1 fully saturated rings. The Labute approximate surface area is 85.6 Å². The number of Topliss-reactive ketones (excluding diaryl/α,β-unsaturated/α-hetero) is 1. The molecular weight excluding hydrogens is 186 g/mol. The summed E-state index contributed by atoms with van der Waals surface area (Å²) in [7, 11) is 1.18. The van der Waals surface area contributed by atoms with E-state index in [1.54, 1.807) is 6.92 Å². The quantitative estimate of drug-likeness (QED) is 0.514. The molecule has 1 heterocycles. The van der Waals surface area contributed by atoms with Gasteiger partial charge in [-0.05, 0) is 25.7 Å². The van der Waals surface area contributed by atoms with Crippen LogP contribution in [0.5, 0.6) is 0 Å². The zero-order valence-corrected chi connectivity index (χ0v) is 8.73. The monoisotopic (exact) mass is 207 g/mol. The number of nitrogens with two attached hydrogens (primary N) is 1. The van der Waals surface area contributed by atoms with Crippen molar-refractivity contribution in [2.24, 2.45) is 11.7 Å². The van der Waals surface area contributed by atoms with Gasteiger partial charge in [0.15, 0.2) is 0 Å². The molecule has 0 aliphatic carbocycles. The second kappa shape index (κ2) is 7.87. The summed E-state index contributed by atoms with van der Waals surface area (Å²) < 4.78 is 5.16. The lowest BCUT2D eigenvalue weighted by Crippen LogP contribution is -2.39. The van der Waals surface area contributed by atoms with Crippen LogP contribution in [0.2, 0.25) is 0 Å². The van der Waals surface area contributed by atoms with Gasteiger partial charge in [0.1, 0.15) is 5.78 Å². The summed E-state index contributed by atoms with van der Waals surface area (Å²) in [5.74, 6) is 0.443. The summed E-state index contributed by atoms with van der Waals surface area (Å²) in [6.45, 7) is 3.07. The van der Waals surface area contributed by atoms with Crippen molar-refractivity contribution in [3.05, 3.63) is 0 Å². The Kier molecular flexibility index (Phi) is 7.60. The Morgan fingerprint density at radius 2 is 2.07 bits per heavy atom. The van der Waals surface area contributed by atoms with E-state index < -0.39 is 0 Å². The number of rotatable bonds is 2. The Morgan fingerprint density at radius 3 is 2.43 bits per heavy atom. The highest BCUT2D eigenvalue weighted by atomic mass is 17.1. The number of carbonyl (C=O) groups excluding carboxylic acids is 1. The SMILES string of the molecule is CC(=O)C(N)C1CCOCC1.COO.[HH]. The molecule has 0 radical (unpaired) electrons. The van der Waals surface area contributed by atoms with Crippen LogP contribution in [-0.2, 0) is 14.4 Å². The molecule has 0 aromatic heterocycles. The zero-order valence-electron chi connectivity index (χ0n) is 8.73. The van der Waals surface area contributed by atoms with Crippen molar-refractivity contribution in [1.82, 2.24) is 0 Å². The number of ketones is 1. The van der Waals surface area contributed by atoms with Crippen LogP contribution in [0.25, 0.3) is 0 Å². The molecule has 3 N–H and O–H groups in total. The standard InChI is InChI=1S/C8H15NO2.CH4O2.H2/c1-6(10)8(9)7-2-4-11-5-3-7;1-3-2;/h7-8H,2-5,9H2,1H3;2H,1H3;1H. The molecule has 1 atom stereocenters. The van der Waals surface area contributed by atoms with Crippen molar-refractivity contribution >= 4 is 5.78 Å². The molecule has 14 heavy (non-hydrogen) atoms. The van der Waals surface area contributed by atoms with Gasteiger partial charge >= 0.3 is 0 Å². The van der Waals surface area contributed by atoms with Gasteiger partial charge in [-0.3, -0.25) is 10.1 Å². The Balaban J connectivity index is 0. The lowest BCUT2D eigenvalue weighted by molar-refractivity contribution is -0.214. The molecule has 0 spiro atoms. The molecule has 0 amide bonds. The van der Waals surface area contributed by atoms with Crippen LogP contribution in [0.1, 0.15) is 21.2 Å². The Hall–Kier alpha value is -0.490. The molecule has 5 heteroatoms. The van der Waals surface area contributed by atoms with Crippen LogP contribution < -0.4 is 5.73 Å². The first kappa shape index (κ1) is 13.5. The first-order valence-corrected chi connectivity index (χ1v) is 4.64. The van der Waals surface area contributed by atoms with E-state index >= 15 is 0 Å². The number of hydrogen-bond acceptors (Lipinski definition) is 5. The summed E-state index contributed by atoms with van der Waals surface area (Å²) >= 11 is 0. The first-order valence-electron chi connectivity index (χ1n) is 4.64. The molecule has 0 bridgehead atoms. The molecule has 86 valence electrons. The lowest BCUT2D eigenvalue weighted by atomic mass is 9.90. The summed E-state index contributed by atoms with van der Waals surface area (Å²) in [6.07, 6.45) is 1.86. The molecular formula is C9H21NO4. The normalized spacial score (nSPS) is 19.4. The summed E-state index contributed by atoms with van der Waals surface area (Å²) in [6, 6.07) is -0.265. The van der Waals surface area contributed by atoms with E-state index in [1.165, 1.54) is 7.11 Å². The third-order valence-corrected chi connectivity index (χ3v) is 2.24. The average Bonchev–Trinajstić information content (AvgIpc) is 2.19. The van der Waals surface area contributed by atoms with Crippen molar-refractivity contribution in [1.29, 1.82) is 0 Å². The van der Waals surface area contributed by atoms with Crippen molar-refractivity contribution in [2.45, 2.75) is 25.8 Å². The fourth-order valence-corrected chi connectivity index (χ4v) is 1.41. The van der Waals surface area contributed by atoms with Crippen LogP contribution >= 0.6 is 0 Å². The molecule has 1 unspecified atom stereocenters. The zero-order chi connectivity index (χ0) is 11.0. The van der Waals surface area contributed by atoms with E-state index in [0.717, 1.165) is 26.1 Å². The van der Waals surface area contributed by atoms with Crippen LogP contribution in [-0.4, -0.2) is 37.4 Å². The largest absolute Gasteiger partial charge is 0.381 e. The maximum Gasteiger partial charge on any atom is 0.146 e. The van der Waals surface area contributed by atoms with Crippen LogP contribution in [0, 0.1) is 5.92 Å². The van der Waals surface area contributed by atoms with Crippen LogP contribution in [0.4, 0.5) is 0 Å². The lowest BCUT2D eigenvalue weighted by Gasteiger charge is -2.25. The molecule has 0 aromatic carbocycles. The van der Waals surface area contributed by atoms with E-state index in [4.69, 9.17) is 15.7 Å². The molecule has 1 saturated heterocycles. The van der Waals surface area contributed by atoms with Gasteiger partial charge in [0.25, 0.3) is 0 Å². The Bertz CT molecular complexity index is 162. The topological polar surface area (TPSA) is 81.8 Å². The fraction of sp³-hybridized carbons (Fsp3) is 0.889. The van der Waals surface area contributed by atoms with Gasteiger partial charge in [-0.2, -0.15) is 0 Å². The van der Waals surface area contributed by atoms with Crippen LogP contribution in [0.3, 0.4) is 0 Å². The molecule has 1 aliphatic heterocycles. The molecule has 5 nitrogen and oxygen atoms in total. The predicted octanol–water partition coefficient (Wildman–Crippen LogP) is 0.681. The highest BCUT2D eigenvalue weighted by molar-refractivity contribution is 5.81.